The van der Waals surface area contributed by atoms with Crippen molar-refractivity contribution >= 4 is 27.6 Å². The Balaban J connectivity index is 0.000000232. The van der Waals surface area contributed by atoms with Crippen molar-refractivity contribution in [1.29, 1.82) is 0 Å². The van der Waals surface area contributed by atoms with Crippen LogP contribution in [0.15, 0.2) is 65.7 Å². The lowest BCUT2D eigenvalue weighted by Crippen LogP contribution is -2.43. The number of ether oxygens (including phenoxy) is 2. The van der Waals surface area contributed by atoms with E-state index in [1.165, 1.54) is 25.4 Å². The van der Waals surface area contributed by atoms with Crippen LogP contribution in [-0.4, -0.2) is 64.6 Å². The van der Waals surface area contributed by atoms with Crippen molar-refractivity contribution in [3.63, 3.8) is 0 Å². The second-order valence-corrected chi connectivity index (χ2v) is 12.8. The maximum absolute atomic E-state index is 14.3. The Kier molecular flexibility index (Phi) is 12.6. The first-order valence-electron chi connectivity index (χ1n) is 16.4. The zero-order chi connectivity index (χ0) is 36.6. The highest BCUT2D eigenvalue weighted by Crippen LogP contribution is 2.31. The van der Waals surface area contributed by atoms with Crippen molar-refractivity contribution < 1.29 is 28.2 Å². The summed E-state index contributed by atoms with van der Waals surface area (Å²) in [5.74, 6) is 0.572. The van der Waals surface area contributed by atoms with Crippen molar-refractivity contribution in [1.82, 2.24) is 19.9 Å². The molecular formula is C38H45F2N5O5. The summed E-state index contributed by atoms with van der Waals surface area (Å²) in [5, 5.41) is 14.2. The number of nitrogens with two attached hydrogens (primary N) is 1. The minimum absolute atomic E-state index is 0.104. The first-order valence-corrected chi connectivity index (χ1v) is 16.4. The van der Waals surface area contributed by atoms with Gasteiger partial charge in [-0.15, -0.1) is 0 Å². The molecule has 5 aromatic rings. The number of methoxy groups -OCH3 is 1. The maximum Gasteiger partial charge on any atom is 0.259 e. The zero-order valence-corrected chi connectivity index (χ0v) is 29.3. The molecule has 3 aromatic heterocycles. The molecule has 1 amide bonds. The summed E-state index contributed by atoms with van der Waals surface area (Å²) in [6.07, 6.45) is 4.06. The van der Waals surface area contributed by atoms with Gasteiger partial charge in [-0.2, -0.15) is 0 Å². The van der Waals surface area contributed by atoms with Gasteiger partial charge in [0, 0.05) is 42.0 Å². The van der Waals surface area contributed by atoms with Crippen LogP contribution in [0.1, 0.15) is 48.9 Å². The molecule has 10 nitrogen and oxygen atoms in total. The van der Waals surface area contributed by atoms with Crippen LogP contribution in [0.25, 0.3) is 32.8 Å². The number of carbonyl (C=O) groups excluding carboxylic acids is 1. The summed E-state index contributed by atoms with van der Waals surface area (Å²) < 4.78 is 39.1. The third kappa shape index (κ3) is 8.80. The van der Waals surface area contributed by atoms with E-state index in [0.717, 1.165) is 28.4 Å². The molecule has 0 aliphatic heterocycles. The van der Waals surface area contributed by atoms with Gasteiger partial charge in [0.1, 0.15) is 24.8 Å². The largest absolute Gasteiger partial charge is 0.497 e. The maximum atomic E-state index is 14.3. The molecule has 0 saturated heterocycles. The van der Waals surface area contributed by atoms with Crippen molar-refractivity contribution in [2.45, 2.75) is 53.1 Å². The van der Waals surface area contributed by atoms with E-state index in [2.05, 4.69) is 29.1 Å². The molecule has 0 radical (unpaired) electrons. The zero-order valence-electron chi connectivity index (χ0n) is 29.3. The number of halogens is 2. The Morgan fingerprint density at radius 1 is 1.00 bits per heavy atom. The number of aliphatic hydroxyl groups excluding tert-OH is 1. The van der Waals surface area contributed by atoms with Crippen LogP contribution in [0, 0.1) is 25.6 Å². The number of benzene rings is 2. The molecule has 266 valence electrons. The van der Waals surface area contributed by atoms with Gasteiger partial charge in [-0.05, 0) is 92.6 Å². The van der Waals surface area contributed by atoms with Crippen LogP contribution in [0.4, 0.5) is 8.78 Å². The average Bonchev–Trinajstić information content (AvgIpc) is 3.09. The van der Waals surface area contributed by atoms with Gasteiger partial charge < -0.3 is 30.2 Å². The molecule has 2 aromatic carbocycles. The van der Waals surface area contributed by atoms with Crippen molar-refractivity contribution in [3.8, 4) is 22.6 Å². The quantitative estimate of drug-likeness (QED) is 0.138. The highest BCUT2D eigenvalue weighted by molar-refractivity contribution is 6.06. The SMILES string of the molecule is COc1ccc(-c2ccnc(C)c2F)c(C(=O)NCCF)c1.Cc1nccc2c3ccc(OC[C@@](C)(N)CC(C)C)cc3c(=O)n(CCO)c12. The van der Waals surface area contributed by atoms with E-state index in [1.54, 1.807) is 35.9 Å². The number of fused-ring (bicyclic) bond motifs is 3. The van der Waals surface area contributed by atoms with E-state index >= 15 is 0 Å². The number of aromatic nitrogens is 3. The minimum Gasteiger partial charge on any atom is -0.497 e. The molecule has 3 heterocycles. The van der Waals surface area contributed by atoms with Gasteiger partial charge >= 0.3 is 0 Å². The number of amides is 1. The first-order chi connectivity index (χ1) is 23.8. The number of carbonyl (C=O) groups is 1. The fourth-order valence-corrected chi connectivity index (χ4v) is 6.03. The van der Waals surface area contributed by atoms with Crippen molar-refractivity contribution in [2.75, 3.05) is 33.5 Å². The van der Waals surface area contributed by atoms with E-state index in [0.29, 0.717) is 35.0 Å². The number of nitrogens with zero attached hydrogens (tertiary/aromatic N) is 3. The van der Waals surface area contributed by atoms with Crippen LogP contribution in [0.5, 0.6) is 11.5 Å². The van der Waals surface area contributed by atoms with Crippen LogP contribution >= 0.6 is 0 Å². The van der Waals surface area contributed by atoms with Gasteiger partial charge in [0.15, 0.2) is 5.82 Å². The van der Waals surface area contributed by atoms with Crippen molar-refractivity contribution in [2.24, 2.45) is 11.7 Å². The second kappa shape index (κ2) is 16.6. The molecule has 0 spiro atoms. The van der Waals surface area contributed by atoms with Gasteiger partial charge in [0.05, 0.1) is 41.6 Å². The molecular weight excluding hydrogens is 644 g/mol. The van der Waals surface area contributed by atoms with Crippen LogP contribution < -0.4 is 26.1 Å². The van der Waals surface area contributed by atoms with Gasteiger partial charge in [-0.3, -0.25) is 19.6 Å². The van der Waals surface area contributed by atoms with Crippen LogP contribution in [0.2, 0.25) is 0 Å². The monoisotopic (exact) mass is 689 g/mol. The number of hydrogen-bond donors (Lipinski definition) is 3. The molecule has 0 fully saturated rings. The Hall–Kier alpha value is -4.94. The van der Waals surface area contributed by atoms with E-state index in [-0.39, 0.29) is 42.1 Å². The number of hydrogen-bond acceptors (Lipinski definition) is 8. The number of rotatable bonds is 12. The summed E-state index contributed by atoms with van der Waals surface area (Å²) in [4.78, 5) is 33.5. The summed E-state index contributed by atoms with van der Waals surface area (Å²) in [5.41, 5.74) is 8.39. The lowest BCUT2D eigenvalue weighted by molar-refractivity contribution is 0.0951. The molecule has 0 unspecified atom stereocenters. The molecule has 0 aliphatic carbocycles. The predicted octanol–water partition coefficient (Wildman–Crippen LogP) is 5.90. The first kappa shape index (κ1) is 37.9. The summed E-state index contributed by atoms with van der Waals surface area (Å²) >= 11 is 0. The predicted molar refractivity (Wildman–Crippen MR) is 192 cm³/mol. The third-order valence-corrected chi connectivity index (χ3v) is 8.11. The Bertz CT molecular complexity index is 2030. The van der Waals surface area contributed by atoms with Crippen molar-refractivity contribution in [3.05, 3.63) is 94.0 Å². The number of nitrogens with one attached hydrogen (secondary N) is 1. The molecule has 0 bridgehead atoms. The smallest absolute Gasteiger partial charge is 0.259 e. The molecule has 0 aliphatic rings. The lowest BCUT2D eigenvalue weighted by atomic mass is 9.93. The Labute approximate surface area is 290 Å². The average molecular weight is 690 g/mol. The lowest BCUT2D eigenvalue weighted by Gasteiger charge is -2.26. The Morgan fingerprint density at radius 3 is 2.38 bits per heavy atom. The van der Waals surface area contributed by atoms with E-state index < -0.39 is 23.9 Å². The summed E-state index contributed by atoms with van der Waals surface area (Å²) in [6.45, 7) is 9.36. The summed E-state index contributed by atoms with van der Waals surface area (Å²) in [7, 11) is 1.47. The number of aliphatic hydroxyl groups is 1. The molecule has 0 saturated carbocycles. The highest BCUT2D eigenvalue weighted by atomic mass is 19.1. The highest BCUT2D eigenvalue weighted by Gasteiger charge is 2.22. The van der Waals surface area contributed by atoms with Gasteiger partial charge in [0.25, 0.3) is 11.5 Å². The standard InChI is InChI=1S/C22H29N3O3.C16H16F2N2O2/c1-14(2)12-22(4,23)13-28-16-5-6-17-18-7-8-24-15(3)20(18)25(9-10-26)21(27)19(17)11-16;1-10-15(18)13(5-7-19-10)12-4-3-11(22-2)9-14(12)16(21)20-8-6-17/h5-8,11,14,26H,9-10,12-13,23H2,1-4H3;3-5,7,9H,6,8H2,1-2H3,(H,20,21)/t22-;/m0./s1. The molecule has 12 heteroatoms. The normalized spacial score (nSPS) is 12.4. The van der Waals surface area contributed by atoms with Gasteiger partial charge in [-0.1, -0.05) is 13.8 Å². The van der Waals surface area contributed by atoms with Crippen LogP contribution in [-0.2, 0) is 6.54 Å². The summed E-state index contributed by atoms with van der Waals surface area (Å²) in [6, 6.07) is 13.7. The number of aryl methyl sites for hydroxylation is 2. The third-order valence-electron chi connectivity index (χ3n) is 8.11. The van der Waals surface area contributed by atoms with Gasteiger partial charge in [0.2, 0.25) is 0 Å². The number of pyridine rings is 3. The van der Waals surface area contributed by atoms with Gasteiger partial charge in [-0.25, -0.2) is 8.78 Å². The molecule has 5 rings (SSSR count). The molecule has 50 heavy (non-hydrogen) atoms. The van der Waals surface area contributed by atoms with Crippen LogP contribution in [0.3, 0.4) is 0 Å². The number of alkyl halides is 1. The second-order valence-electron chi connectivity index (χ2n) is 12.8. The molecule has 1 atom stereocenters. The fraction of sp³-hybridized carbons (Fsp3) is 0.368. The van der Waals surface area contributed by atoms with E-state index in [1.807, 2.05) is 32.0 Å². The Morgan fingerprint density at radius 2 is 1.70 bits per heavy atom. The van der Waals surface area contributed by atoms with E-state index in [4.69, 9.17) is 15.2 Å². The van der Waals surface area contributed by atoms with E-state index in [9.17, 15) is 23.5 Å². The topological polar surface area (TPSA) is 142 Å². The minimum atomic E-state index is -0.673. The fourth-order valence-electron chi connectivity index (χ4n) is 6.03. The molecule has 4 N–H and O–H groups in total.